The summed E-state index contributed by atoms with van der Waals surface area (Å²) in [7, 11) is 0. The highest BCUT2D eigenvalue weighted by Crippen LogP contribution is 2.47. The predicted octanol–water partition coefficient (Wildman–Crippen LogP) is 6.75. The Morgan fingerprint density at radius 2 is 0.750 bits per heavy atom. The summed E-state index contributed by atoms with van der Waals surface area (Å²) in [6.45, 7) is 0. The van der Waals surface area contributed by atoms with Gasteiger partial charge in [-0.25, -0.2) is 0 Å². The third-order valence-electron chi connectivity index (χ3n) is 11.7. The third kappa shape index (κ3) is 3.40. The van der Waals surface area contributed by atoms with Gasteiger partial charge in [-0.05, 0) is 73.6 Å². The van der Waals surface area contributed by atoms with Crippen LogP contribution in [-0.2, 0) is 0 Å². The van der Waals surface area contributed by atoms with E-state index in [4.69, 9.17) is 0 Å². The van der Waals surface area contributed by atoms with Crippen LogP contribution in [0.5, 0.6) is 0 Å². The molecule has 0 saturated heterocycles. The molecule has 0 radical (unpaired) electrons. The average molecular weight is 539 g/mol. The fourth-order valence-electron chi connectivity index (χ4n) is 9.96. The van der Waals surface area contributed by atoms with Gasteiger partial charge in [0.25, 0.3) is 23.6 Å². The summed E-state index contributed by atoms with van der Waals surface area (Å²) in [5.41, 5.74) is 1.86. The summed E-state index contributed by atoms with van der Waals surface area (Å²) in [5, 5.41) is 1.02. The number of amides is 4. The van der Waals surface area contributed by atoms with Gasteiger partial charge in [-0.2, -0.15) is 0 Å². The Labute approximate surface area is 235 Å². The molecule has 0 spiro atoms. The van der Waals surface area contributed by atoms with Crippen molar-refractivity contribution in [1.29, 1.82) is 0 Å². The van der Waals surface area contributed by atoms with Crippen molar-refractivity contribution in [1.82, 2.24) is 9.80 Å². The number of carbonyl (C=O) groups excluding carboxylic acids is 4. The minimum Gasteiger partial charge on any atom is -0.271 e. The highest BCUT2D eigenvalue weighted by molar-refractivity contribution is 6.33. The van der Waals surface area contributed by atoms with Crippen LogP contribution in [0.4, 0.5) is 0 Å². The van der Waals surface area contributed by atoms with Gasteiger partial charge in [-0.3, -0.25) is 29.0 Å². The molecule has 4 aliphatic carbocycles. The largest absolute Gasteiger partial charge is 0.271 e. The summed E-state index contributed by atoms with van der Waals surface area (Å²) in [6.07, 6.45) is 15.6. The molecule has 208 valence electrons. The molecule has 4 fully saturated rings. The molecule has 6 atom stereocenters. The Kier molecular flexibility index (Phi) is 5.72. The zero-order valence-corrected chi connectivity index (χ0v) is 23.2. The van der Waals surface area contributed by atoms with Gasteiger partial charge in [-0.1, -0.05) is 64.2 Å². The summed E-state index contributed by atoms with van der Waals surface area (Å²) in [4.78, 5) is 59.4. The second kappa shape index (κ2) is 9.25. The van der Waals surface area contributed by atoms with Crippen molar-refractivity contribution in [2.24, 2.45) is 23.7 Å². The molecule has 0 aromatic heterocycles. The van der Waals surface area contributed by atoms with Crippen molar-refractivity contribution in [2.75, 3.05) is 0 Å². The van der Waals surface area contributed by atoms with Gasteiger partial charge in [0.1, 0.15) is 0 Å². The number of hydrogen-bond donors (Lipinski definition) is 0. The lowest BCUT2D eigenvalue weighted by Crippen LogP contribution is -2.54. The molecule has 2 aliphatic heterocycles. The van der Waals surface area contributed by atoms with Gasteiger partial charge in [-0.15, -0.1) is 0 Å². The molecule has 40 heavy (non-hydrogen) atoms. The number of carbonyl (C=O) groups is 4. The molecule has 4 saturated carbocycles. The Morgan fingerprint density at radius 3 is 1.12 bits per heavy atom. The number of nitrogens with zero attached hydrogens (tertiary/aromatic N) is 2. The van der Waals surface area contributed by atoms with Gasteiger partial charge in [0.15, 0.2) is 0 Å². The van der Waals surface area contributed by atoms with E-state index in [1.54, 1.807) is 34.1 Å². The molecular weight excluding hydrogens is 500 g/mol. The maximum Gasteiger partial charge on any atom is 0.261 e. The Bertz CT molecular complexity index is 1280. The first kappa shape index (κ1) is 24.8. The molecule has 6 heteroatoms. The van der Waals surface area contributed by atoms with E-state index in [0.717, 1.165) is 51.4 Å². The lowest BCUT2D eigenvalue weighted by Gasteiger charge is -2.47. The van der Waals surface area contributed by atoms with Crippen molar-refractivity contribution >= 4 is 34.4 Å². The summed E-state index contributed by atoms with van der Waals surface area (Å²) in [6, 6.07) is 6.88. The number of benzene rings is 2. The van der Waals surface area contributed by atoms with Gasteiger partial charge >= 0.3 is 0 Å². The van der Waals surface area contributed by atoms with Gasteiger partial charge in [0.05, 0.1) is 0 Å². The SMILES string of the molecule is O=C1c2ccc3c4c(ccc(c24)C(=O)N1C1CCCC2CCCCC21)C(=O)N(C1CCCC2CCCCC21)C3=O. The Balaban J connectivity index is 1.20. The topological polar surface area (TPSA) is 74.8 Å². The highest BCUT2D eigenvalue weighted by Gasteiger charge is 2.48. The van der Waals surface area contributed by atoms with Crippen molar-refractivity contribution in [3.63, 3.8) is 0 Å². The summed E-state index contributed by atoms with van der Waals surface area (Å²) >= 11 is 0. The minimum absolute atomic E-state index is 0.0667. The lowest BCUT2D eigenvalue weighted by molar-refractivity contribution is 0.0251. The van der Waals surface area contributed by atoms with E-state index in [1.807, 2.05) is 0 Å². The number of hydrogen-bond acceptors (Lipinski definition) is 4. The summed E-state index contributed by atoms with van der Waals surface area (Å²) in [5.74, 6) is 0.925. The standard InChI is InChI=1S/C34H38N2O4/c37-31-23-15-17-25-30-26(34(40)36(33(25)39)28-14-6-10-20-8-2-4-12-22(20)28)18-16-24(29(23)30)32(38)35(31)27-13-5-9-19-7-1-3-11-21(19)27/h15-22,27-28H,1-14H2. The van der Waals surface area contributed by atoms with E-state index < -0.39 is 0 Å². The molecule has 6 nitrogen and oxygen atoms in total. The second-order valence-electron chi connectivity index (χ2n) is 13.4. The molecule has 8 rings (SSSR count). The lowest BCUT2D eigenvalue weighted by atomic mass is 9.67. The molecular formula is C34H38N2O4. The highest BCUT2D eigenvalue weighted by atomic mass is 16.2. The van der Waals surface area contributed by atoms with Crippen molar-refractivity contribution in [3.8, 4) is 0 Å². The zero-order chi connectivity index (χ0) is 27.1. The predicted molar refractivity (Wildman–Crippen MR) is 151 cm³/mol. The zero-order valence-electron chi connectivity index (χ0n) is 23.2. The van der Waals surface area contributed by atoms with Crippen molar-refractivity contribution in [2.45, 2.75) is 102 Å². The first-order chi connectivity index (χ1) is 19.5. The first-order valence-corrected chi connectivity index (χ1v) is 15.9. The second-order valence-corrected chi connectivity index (χ2v) is 13.4. The molecule has 4 amide bonds. The van der Waals surface area contributed by atoms with Crippen LogP contribution in [0.1, 0.15) is 131 Å². The van der Waals surface area contributed by atoms with Crippen LogP contribution in [0.2, 0.25) is 0 Å². The maximum absolute atomic E-state index is 14.1. The molecule has 0 N–H and O–H groups in total. The monoisotopic (exact) mass is 538 g/mol. The van der Waals surface area contributed by atoms with Crippen LogP contribution in [0.15, 0.2) is 24.3 Å². The van der Waals surface area contributed by atoms with Crippen LogP contribution in [0.25, 0.3) is 10.8 Å². The van der Waals surface area contributed by atoms with E-state index in [9.17, 15) is 19.2 Å². The molecule has 2 heterocycles. The van der Waals surface area contributed by atoms with Gasteiger partial charge < -0.3 is 0 Å². The molecule has 2 aromatic carbocycles. The van der Waals surface area contributed by atoms with E-state index in [2.05, 4.69) is 0 Å². The van der Waals surface area contributed by atoms with Crippen LogP contribution >= 0.6 is 0 Å². The fraction of sp³-hybridized carbons (Fsp3) is 0.588. The smallest absolute Gasteiger partial charge is 0.261 e. The molecule has 6 aliphatic rings. The minimum atomic E-state index is -0.253. The van der Waals surface area contributed by atoms with E-state index in [-0.39, 0.29) is 35.7 Å². The molecule has 0 bridgehead atoms. The van der Waals surface area contributed by atoms with Crippen molar-refractivity contribution < 1.29 is 19.2 Å². The number of rotatable bonds is 2. The average Bonchev–Trinajstić information content (AvgIpc) is 2.99. The Morgan fingerprint density at radius 1 is 0.425 bits per heavy atom. The third-order valence-corrected chi connectivity index (χ3v) is 11.7. The summed E-state index contributed by atoms with van der Waals surface area (Å²) < 4.78 is 0. The van der Waals surface area contributed by atoms with Crippen molar-refractivity contribution in [3.05, 3.63) is 46.5 Å². The number of fused-ring (bicyclic) bond motifs is 2. The number of imide groups is 2. The van der Waals surface area contributed by atoms with Gasteiger partial charge in [0, 0.05) is 45.1 Å². The van der Waals surface area contributed by atoms with Crippen LogP contribution in [0.3, 0.4) is 0 Å². The molecule has 2 aromatic rings. The fourth-order valence-corrected chi connectivity index (χ4v) is 9.96. The quantitative estimate of drug-likeness (QED) is 0.397. The van der Waals surface area contributed by atoms with Crippen LogP contribution < -0.4 is 0 Å². The van der Waals surface area contributed by atoms with Crippen LogP contribution in [-0.4, -0.2) is 45.5 Å². The maximum atomic E-state index is 14.1. The van der Waals surface area contributed by atoms with Gasteiger partial charge in [0.2, 0.25) is 0 Å². The Hall–Kier alpha value is -3.02. The first-order valence-electron chi connectivity index (χ1n) is 15.9. The van der Waals surface area contributed by atoms with Crippen LogP contribution in [0, 0.1) is 23.7 Å². The van der Waals surface area contributed by atoms with E-state index >= 15 is 0 Å². The van der Waals surface area contributed by atoms with E-state index in [0.29, 0.717) is 56.7 Å². The molecule has 6 unspecified atom stereocenters. The van der Waals surface area contributed by atoms with E-state index in [1.165, 1.54) is 38.5 Å². The normalized spacial score (nSPS) is 33.7.